The highest BCUT2D eigenvalue weighted by Gasteiger charge is 2.17. The number of hydrogen-bond acceptors (Lipinski definition) is 3. The second kappa shape index (κ2) is 5.93. The van der Waals surface area contributed by atoms with E-state index in [1.54, 1.807) is 23.1 Å². The van der Waals surface area contributed by atoms with E-state index >= 15 is 0 Å². The molecule has 2 amide bonds. The van der Waals surface area contributed by atoms with Crippen LogP contribution in [0, 0.1) is 0 Å². The van der Waals surface area contributed by atoms with Crippen LogP contribution in [0.2, 0.25) is 5.02 Å². The summed E-state index contributed by atoms with van der Waals surface area (Å²) in [4.78, 5) is 13.7. The Bertz CT molecular complexity index is 433. The van der Waals surface area contributed by atoms with Gasteiger partial charge in [-0.15, -0.1) is 0 Å². The van der Waals surface area contributed by atoms with E-state index in [9.17, 15) is 4.79 Å². The highest BCUT2D eigenvalue weighted by molar-refractivity contribution is 6.32. The topological polar surface area (TPSA) is 50.8 Å². The summed E-state index contributed by atoms with van der Waals surface area (Å²) >= 11 is 5.92. The van der Waals surface area contributed by atoms with E-state index in [1.165, 1.54) is 7.11 Å². The van der Waals surface area contributed by atoms with Crippen molar-refractivity contribution in [2.45, 2.75) is 0 Å². The van der Waals surface area contributed by atoms with Crippen molar-refractivity contribution in [2.24, 2.45) is 0 Å². The summed E-state index contributed by atoms with van der Waals surface area (Å²) in [5.41, 5.74) is 0.660. The first-order chi connectivity index (χ1) is 8.70. The SMILES string of the molecule is COc1cc(NC(=O)N2CCOCC2)ccc1Cl. The molecule has 6 heteroatoms. The van der Waals surface area contributed by atoms with Crippen LogP contribution in [0.3, 0.4) is 0 Å². The van der Waals surface area contributed by atoms with Crippen LogP contribution in [0.25, 0.3) is 0 Å². The zero-order chi connectivity index (χ0) is 13.0. The summed E-state index contributed by atoms with van der Waals surface area (Å²) in [5.74, 6) is 0.538. The molecule has 1 aliphatic rings. The molecule has 0 aliphatic carbocycles. The molecule has 1 fully saturated rings. The molecular formula is C12H15ClN2O3. The van der Waals surface area contributed by atoms with Crippen molar-refractivity contribution >= 4 is 23.3 Å². The predicted molar refractivity (Wildman–Crippen MR) is 69.4 cm³/mol. The molecule has 1 aromatic rings. The molecule has 2 rings (SSSR count). The first-order valence-electron chi connectivity index (χ1n) is 5.68. The van der Waals surface area contributed by atoms with Gasteiger partial charge in [0.15, 0.2) is 0 Å². The lowest BCUT2D eigenvalue weighted by atomic mass is 10.3. The highest BCUT2D eigenvalue weighted by atomic mass is 35.5. The lowest BCUT2D eigenvalue weighted by Gasteiger charge is -2.27. The van der Waals surface area contributed by atoms with Crippen LogP contribution in [0.5, 0.6) is 5.75 Å². The molecule has 1 N–H and O–H groups in total. The van der Waals surface area contributed by atoms with Crippen molar-refractivity contribution < 1.29 is 14.3 Å². The fourth-order valence-corrected chi connectivity index (χ4v) is 1.90. The third-order valence-corrected chi connectivity index (χ3v) is 3.01. The Labute approximate surface area is 111 Å². The van der Waals surface area contributed by atoms with Gasteiger partial charge in [-0.05, 0) is 12.1 Å². The van der Waals surface area contributed by atoms with Crippen molar-refractivity contribution in [3.8, 4) is 5.75 Å². The largest absolute Gasteiger partial charge is 0.495 e. The maximum absolute atomic E-state index is 11.9. The number of urea groups is 1. The summed E-state index contributed by atoms with van der Waals surface area (Å²) in [6.45, 7) is 2.38. The Morgan fingerprint density at radius 3 is 2.83 bits per heavy atom. The lowest BCUT2D eigenvalue weighted by Crippen LogP contribution is -2.43. The number of amides is 2. The Morgan fingerprint density at radius 2 is 2.17 bits per heavy atom. The molecule has 0 radical (unpaired) electrons. The van der Waals surface area contributed by atoms with Gasteiger partial charge in [-0.2, -0.15) is 0 Å². The summed E-state index contributed by atoms with van der Waals surface area (Å²) in [5, 5.41) is 3.32. The number of benzene rings is 1. The van der Waals surface area contributed by atoms with Crippen molar-refractivity contribution in [3.05, 3.63) is 23.2 Å². The molecule has 0 aromatic heterocycles. The van der Waals surface area contributed by atoms with Crippen LogP contribution in [-0.2, 0) is 4.74 Å². The molecule has 1 heterocycles. The van der Waals surface area contributed by atoms with Crippen LogP contribution >= 0.6 is 11.6 Å². The molecule has 1 aliphatic heterocycles. The predicted octanol–water partition coefficient (Wildman–Crippen LogP) is 2.21. The summed E-state index contributed by atoms with van der Waals surface area (Å²) < 4.78 is 10.3. The van der Waals surface area contributed by atoms with Gasteiger partial charge in [0.1, 0.15) is 5.75 Å². The average molecular weight is 271 g/mol. The van der Waals surface area contributed by atoms with Crippen molar-refractivity contribution in [3.63, 3.8) is 0 Å². The standard InChI is InChI=1S/C12H15ClN2O3/c1-17-11-8-9(2-3-10(11)13)14-12(16)15-4-6-18-7-5-15/h2-3,8H,4-7H2,1H3,(H,14,16). The van der Waals surface area contributed by atoms with Gasteiger partial charge in [-0.1, -0.05) is 11.6 Å². The Morgan fingerprint density at radius 1 is 1.44 bits per heavy atom. The van der Waals surface area contributed by atoms with Gasteiger partial charge in [0.2, 0.25) is 0 Å². The van der Waals surface area contributed by atoms with E-state index in [-0.39, 0.29) is 6.03 Å². The van der Waals surface area contributed by atoms with E-state index in [0.29, 0.717) is 42.8 Å². The molecule has 18 heavy (non-hydrogen) atoms. The second-order valence-corrected chi connectivity index (χ2v) is 4.29. The van der Waals surface area contributed by atoms with Crippen molar-refractivity contribution in [2.75, 3.05) is 38.7 Å². The molecule has 0 spiro atoms. The van der Waals surface area contributed by atoms with Crippen LogP contribution in [0.15, 0.2) is 18.2 Å². The Hall–Kier alpha value is -1.46. The number of hydrogen-bond donors (Lipinski definition) is 1. The molecule has 1 aromatic carbocycles. The zero-order valence-electron chi connectivity index (χ0n) is 10.1. The minimum absolute atomic E-state index is 0.136. The average Bonchev–Trinajstić information content (AvgIpc) is 2.42. The van der Waals surface area contributed by atoms with Gasteiger partial charge >= 0.3 is 6.03 Å². The van der Waals surface area contributed by atoms with Gasteiger partial charge in [0, 0.05) is 24.8 Å². The van der Waals surface area contributed by atoms with E-state index in [1.807, 2.05) is 0 Å². The molecule has 5 nitrogen and oxygen atoms in total. The van der Waals surface area contributed by atoms with Crippen LogP contribution in [0.1, 0.15) is 0 Å². The maximum atomic E-state index is 11.9. The van der Waals surface area contributed by atoms with Gasteiger partial charge in [-0.25, -0.2) is 4.79 Å². The van der Waals surface area contributed by atoms with Crippen LogP contribution in [0.4, 0.5) is 10.5 Å². The number of carbonyl (C=O) groups excluding carboxylic acids is 1. The minimum Gasteiger partial charge on any atom is -0.495 e. The molecule has 0 bridgehead atoms. The fourth-order valence-electron chi connectivity index (χ4n) is 1.71. The van der Waals surface area contributed by atoms with E-state index in [4.69, 9.17) is 21.1 Å². The van der Waals surface area contributed by atoms with Gasteiger partial charge in [-0.3, -0.25) is 0 Å². The molecular weight excluding hydrogens is 256 g/mol. The van der Waals surface area contributed by atoms with E-state index < -0.39 is 0 Å². The maximum Gasteiger partial charge on any atom is 0.322 e. The second-order valence-electron chi connectivity index (χ2n) is 3.88. The number of methoxy groups -OCH3 is 1. The number of morpholine rings is 1. The van der Waals surface area contributed by atoms with E-state index in [2.05, 4.69) is 5.32 Å². The first-order valence-corrected chi connectivity index (χ1v) is 6.05. The van der Waals surface area contributed by atoms with Crippen molar-refractivity contribution in [1.29, 1.82) is 0 Å². The molecule has 1 saturated heterocycles. The molecule has 0 unspecified atom stereocenters. The van der Waals surface area contributed by atoms with E-state index in [0.717, 1.165) is 0 Å². The van der Waals surface area contributed by atoms with Gasteiger partial charge < -0.3 is 19.7 Å². The first kappa shape index (κ1) is 13.0. The molecule has 98 valence electrons. The summed E-state index contributed by atoms with van der Waals surface area (Å²) in [6.07, 6.45) is 0. The zero-order valence-corrected chi connectivity index (χ0v) is 10.9. The number of nitrogens with zero attached hydrogens (tertiary/aromatic N) is 1. The van der Waals surface area contributed by atoms with Gasteiger partial charge in [0.05, 0.1) is 25.3 Å². The Kier molecular flexibility index (Phi) is 4.28. The fraction of sp³-hybridized carbons (Fsp3) is 0.417. The summed E-state index contributed by atoms with van der Waals surface area (Å²) in [6, 6.07) is 4.99. The van der Waals surface area contributed by atoms with Crippen LogP contribution < -0.4 is 10.1 Å². The summed E-state index contributed by atoms with van der Waals surface area (Å²) in [7, 11) is 1.54. The minimum atomic E-state index is -0.136. The number of carbonyl (C=O) groups is 1. The third kappa shape index (κ3) is 3.05. The van der Waals surface area contributed by atoms with Crippen molar-refractivity contribution in [1.82, 2.24) is 4.90 Å². The number of anilines is 1. The third-order valence-electron chi connectivity index (χ3n) is 2.70. The smallest absolute Gasteiger partial charge is 0.322 e. The highest BCUT2D eigenvalue weighted by Crippen LogP contribution is 2.27. The van der Waals surface area contributed by atoms with Crippen LogP contribution in [-0.4, -0.2) is 44.3 Å². The quantitative estimate of drug-likeness (QED) is 0.896. The Balaban J connectivity index is 2.02. The molecule has 0 saturated carbocycles. The number of rotatable bonds is 2. The number of ether oxygens (including phenoxy) is 2. The number of nitrogens with one attached hydrogen (secondary N) is 1. The number of halogens is 1. The lowest BCUT2D eigenvalue weighted by molar-refractivity contribution is 0.0564. The normalized spacial score (nSPS) is 15.3. The molecule has 0 atom stereocenters. The monoisotopic (exact) mass is 270 g/mol. The van der Waals surface area contributed by atoms with Gasteiger partial charge in [0.25, 0.3) is 0 Å².